The number of likely N-dealkylation sites (tertiary alicyclic amines) is 1. The zero-order valence-electron chi connectivity index (χ0n) is 10.0. The van der Waals surface area contributed by atoms with Gasteiger partial charge in [-0.15, -0.1) is 0 Å². The van der Waals surface area contributed by atoms with E-state index in [1.54, 1.807) is 11.0 Å². The van der Waals surface area contributed by atoms with Gasteiger partial charge in [-0.1, -0.05) is 0 Å². The highest BCUT2D eigenvalue weighted by atomic mass is 16.4. The monoisotopic (exact) mass is 236 g/mol. The van der Waals surface area contributed by atoms with Gasteiger partial charge in [-0.05, 0) is 38.3 Å². The van der Waals surface area contributed by atoms with Crippen molar-refractivity contribution < 1.29 is 14.0 Å². The summed E-state index contributed by atoms with van der Waals surface area (Å²) in [4.78, 5) is 24.3. The lowest BCUT2D eigenvalue weighted by molar-refractivity contribution is -0.110. The molecule has 92 valence electrons. The Bertz CT molecular complexity index is 419. The summed E-state index contributed by atoms with van der Waals surface area (Å²) in [7, 11) is 0. The molecule has 1 aliphatic heterocycles. The molecular weight excluding hydrogens is 220 g/mol. The Morgan fingerprint density at radius 1 is 1.59 bits per heavy atom. The van der Waals surface area contributed by atoms with Crippen molar-refractivity contribution in [2.75, 3.05) is 6.54 Å². The van der Waals surface area contributed by atoms with Crippen LogP contribution in [0.25, 0.3) is 0 Å². The number of carbonyl (C=O) groups excluding carboxylic acids is 2. The Hall–Kier alpha value is -1.78. The number of furan rings is 1. The van der Waals surface area contributed by atoms with Crippen molar-refractivity contribution in [2.45, 2.75) is 32.9 Å². The van der Waals surface area contributed by atoms with E-state index in [0.717, 1.165) is 24.2 Å². The zero-order valence-corrected chi connectivity index (χ0v) is 10.0. The van der Waals surface area contributed by atoms with E-state index in [1.165, 1.54) is 0 Å². The Labute approximate surface area is 99.8 Å². The number of hydrogen-bond acceptors (Lipinski definition) is 3. The molecule has 2 amide bonds. The molecule has 1 aromatic rings. The van der Waals surface area contributed by atoms with E-state index in [2.05, 4.69) is 5.32 Å². The van der Waals surface area contributed by atoms with Crippen LogP contribution in [0.3, 0.4) is 0 Å². The Kier molecular flexibility index (Phi) is 3.17. The van der Waals surface area contributed by atoms with E-state index < -0.39 is 0 Å². The molecule has 1 atom stereocenters. The van der Waals surface area contributed by atoms with Crippen molar-refractivity contribution in [3.8, 4) is 0 Å². The third-order valence-corrected chi connectivity index (χ3v) is 3.15. The first kappa shape index (κ1) is 11.7. The van der Waals surface area contributed by atoms with E-state index >= 15 is 0 Å². The zero-order chi connectivity index (χ0) is 12.4. The molecule has 1 unspecified atom stereocenters. The third-order valence-electron chi connectivity index (χ3n) is 3.15. The van der Waals surface area contributed by atoms with Crippen LogP contribution in [-0.4, -0.2) is 29.9 Å². The van der Waals surface area contributed by atoms with Gasteiger partial charge in [0.25, 0.3) is 5.91 Å². The van der Waals surface area contributed by atoms with Crippen LogP contribution in [0.15, 0.2) is 10.5 Å². The molecular formula is C12H16N2O3. The second-order valence-corrected chi connectivity index (χ2v) is 4.29. The second-order valence-electron chi connectivity index (χ2n) is 4.29. The molecule has 2 rings (SSSR count). The Balaban J connectivity index is 2.16. The average molecular weight is 236 g/mol. The lowest BCUT2D eigenvalue weighted by atomic mass is 10.2. The maximum atomic E-state index is 12.2. The van der Waals surface area contributed by atoms with Crippen LogP contribution in [0.1, 0.15) is 34.7 Å². The molecule has 1 N–H and O–H groups in total. The SMILES string of the molecule is Cc1cc(C(=O)N2CCCC2NC=O)oc1C. The van der Waals surface area contributed by atoms with Gasteiger partial charge >= 0.3 is 0 Å². The van der Waals surface area contributed by atoms with Crippen molar-refractivity contribution >= 4 is 12.3 Å². The molecule has 5 heteroatoms. The number of rotatable bonds is 3. The topological polar surface area (TPSA) is 62.6 Å². The Morgan fingerprint density at radius 2 is 2.35 bits per heavy atom. The first-order valence-electron chi connectivity index (χ1n) is 5.71. The molecule has 0 bridgehead atoms. The van der Waals surface area contributed by atoms with E-state index in [1.807, 2.05) is 13.8 Å². The van der Waals surface area contributed by atoms with Gasteiger partial charge < -0.3 is 14.6 Å². The van der Waals surface area contributed by atoms with Crippen LogP contribution in [0.4, 0.5) is 0 Å². The van der Waals surface area contributed by atoms with Crippen LogP contribution in [0.2, 0.25) is 0 Å². The van der Waals surface area contributed by atoms with E-state index in [9.17, 15) is 9.59 Å². The van der Waals surface area contributed by atoms with Crippen LogP contribution < -0.4 is 5.32 Å². The maximum Gasteiger partial charge on any atom is 0.291 e. The van der Waals surface area contributed by atoms with Crippen molar-refractivity contribution in [2.24, 2.45) is 0 Å². The fourth-order valence-electron chi connectivity index (χ4n) is 2.08. The van der Waals surface area contributed by atoms with Crippen molar-refractivity contribution in [1.82, 2.24) is 10.2 Å². The fraction of sp³-hybridized carbons (Fsp3) is 0.500. The van der Waals surface area contributed by atoms with Crippen LogP contribution in [0, 0.1) is 13.8 Å². The summed E-state index contributed by atoms with van der Waals surface area (Å²) in [6.45, 7) is 4.39. The number of nitrogens with zero attached hydrogens (tertiary/aromatic N) is 1. The molecule has 0 aliphatic carbocycles. The van der Waals surface area contributed by atoms with Gasteiger partial charge in [0.1, 0.15) is 11.9 Å². The summed E-state index contributed by atoms with van der Waals surface area (Å²) in [6.07, 6.45) is 2.12. The summed E-state index contributed by atoms with van der Waals surface area (Å²) >= 11 is 0. The highest BCUT2D eigenvalue weighted by Gasteiger charge is 2.30. The molecule has 0 saturated carbocycles. The lowest BCUT2D eigenvalue weighted by Gasteiger charge is -2.22. The summed E-state index contributed by atoms with van der Waals surface area (Å²) in [5.74, 6) is 0.949. The highest BCUT2D eigenvalue weighted by Crippen LogP contribution is 2.20. The van der Waals surface area contributed by atoms with E-state index in [0.29, 0.717) is 18.7 Å². The quantitative estimate of drug-likeness (QED) is 0.802. The first-order chi connectivity index (χ1) is 8.13. The first-order valence-corrected chi connectivity index (χ1v) is 5.71. The smallest absolute Gasteiger partial charge is 0.291 e. The van der Waals surface area contributed by atoms with Gasteiger partial charge in [-0.2, -0.15) is 0 Å². The number of carbonyl (C=O) groups is 2. The van der Waals surface area contributed by atoms with Gasteiger partial charge in [-0.25, -0.2) is 0 Å². The number of amides is 2. The molecule has 1 fully saturated rings. The van der Waals surface area contributed by atoms with Crippen LogP contribution in [-0.2, 0) is 4.79 Å². The highest BCUT2D eigenvalue weighted by molar-refractivity contribution is 5.92. The summed E-state index contributed by atoms with van der Waals surface area (Å²) in [6, 6.07) is 1.74. The normalized spacial score (nSPS) is 19.4. The molecule has 0 spiro atoms. The molecule has 0 radical (unpaired) electrons. The van der Waals surface area contributed by atoms with Gasteiger partial charge in [0.15, 0.2) is 5.76 Å². The van der Waals surface area contributed by atoms with Crippen molar-refractivity contribution in [3.05, 3.63) is 23.2 Å². The van der Waals surface area contributed by atoms with Gasteiger partial charge in [0, 0.05) is 6.54 Å². The Morgan fingerprint density at radius 3 is 2.94 bits per heavy atom. The summed E-state index contributed by atoms with van der Waals surface area (Å²) in [5.41, 5.74) is 0.965. The average Bonchev–Trinajstić information content (AvgIpc) is 2.87. The molecule has 2 heterocycles. The molecule has 1 aromatic heterocycles. The van der Waals surface area contributed by atoms with Gasteiger partial charge in [-0.3, -0.25) is 9.59 Å². The molecule has 1 aliphatic rings. The number of nitrogens with one attached hydrogen (secondary N) is 1. The fourth-order valence-corrected chi connectivity index (χ4v) is 2.08. The predicted octanol–water partition coefficient (Wildman–Crippen LogP) is 1.20. The largest absolute Gasteiger partial charge is 0.456 e. The van der Waals surface area contributed by atoms with Crippen molar-refractivity contribution in [3.63, 3.8) is 0 Å². The summed E-state index contributed by atoms with van der Waals surface area (Å²) in [5, 5.41) is 2.65. The summed E-state index contributed by atoms with van der Waals surface area (Å²) < 4.78 is 5.41. The lowest BCUT2D eigenvalue weighted by Crippen LogP contribution is -2.43. The second kappa shape index (κ2) is 4.61. The van der Waals surface area contributed by atoms with Crippen LogP contribution in [0.5, 0.6) is 0 Å². The standard InChI is InChI=1S/C12H16N2O3/c1-8-6-10(17-9(8)2)12(16)14-5-3-4-11(14)13-7-15/h6-7,11H,3-5H2,1-2H3,(H,13,15). The maximum absolute atomic E-state index is 12.2. The molecule has 17 heavy (non-hydrogen) atoms. The van der Waals surface area contributed by atoms with E-state index in [-0.39, 0.29) is 12.1 Å². The third kappa shape index (κ3) is 2.18. The minimum Gasteiger partial charge on any atom is -0.456 e. The molecule has 0 aromatic carbocycles. The van der Waals surface area contributed by atoms with E-state index in [4.69, 9.17) is 4.42 Å². The predicted molar refractivity (Wildman–Crippen MR) is 61.4 cm³/mol. The number of hydrogen-bond donors (Lipinski definition) is 1. The van der Waals surface area contributed by atoms with Crippen molar-refractivity contribution in [1.29, 1.82) is 0 Å². The molecule has 5 nitrogen and oxygen atoms in total. The molecule has 1 saturated heterocycles. The van der Waals surface area contributed by atoms with Gasteiger partial charge in [0.05, 0.1) is 0 Å². The minimum absolute atomic E-state index is 0.155. The van der Waals surface area contributed by atoms with Crippen LogP contribution >= 0.6 is 0 Å². The minimum atomic E-state index is -0.203. The van der Waals surface area contributed by atoms with Gasteiger partial charge in [0.2, 0.25) is 6.41 Å². The number of aryl methyl sites for hydroxylation is 2.